The van der Waals surface area contributed by atoms with Gasteiger partial charge in [-0.25, -0.2) is 9.97 Å². The Kier molecular flexibility index (Phi) is 4.12. The van der Waals surface area contributed by atoms with Crippen LogP contribution in [0, 0.1) is 6.92 Å². The predicted molar refractivity (Wildman–Crippen MR) is 68.4 cm³/mol. The number of esters is 1. The molecule has 0 aliphatic carbocycles. The molecule has 0 radical (unpaired) electrons. The van der Waals surface area contributed by atoms with Crippen LogP contribution >= 0.6 is 0 Å². The van der Waals surface area contributed by atoms with Crippen molar-refractivity contribution in [3.63, 3.8) is 0 Å². The molecule has 1 aromatic heterocycles. The molecule has 5 nitrogen and oxygen atoms in total. The third-order valence-corrected chi connectivity index (χ3v) is 3.30. The highest BCUT2D eigenvalue weighted by molar-refractivity contribution is 5.70. The number of carbonyl (C=O) groups is 1. The van der Waals surface area contributed by atoms with Crippen LogP contribution in [0.3, 0.4) is 0 Å². The number of rotatable bonds is 3. The summed E-state index contributed by atoms with van der Waals surface area (Å²) in [6, 6.07) is 2.04. The molecule has 2 rings (SSSR count). The van der Waals surface area contributed by atoms with Gasteiger partial charge in [-0.1, -0.05) is 0 Å². The summed E-state index contributed by atoms with van der Waals surface area (Å²) in [5.41, 5.74) is 0.947. The maximum Gasteiger partial charge on any atom is 0.307 e. The van der Waals surface area contributed by atoms with Gasteiger partial charge in [0.25, 0.3) is 0 Å². The normalized spacial score (nSPS) is 19.7. The Bertz CT molecular complexity index is 422. The molecule has 1 unspecified atom stereocenters. The summed E-state index contributed by atoms with van der Waals surface area (Å²) in [6.45, 7) is 2.86. The highest BCUT2D eigenvalue weighted by Gasteiger charge is 2.26. The Balaban J connectivity index is 2.14. The number of carbonyl (C=O) groups excluding carboxylic acids is 1. The highest BCUT2D eigenvalue weighted by atomic mass is 16.5. The van der Waals surface area contributed by atoms with E-state index in [1.165, 1.54) is 7.11 Å². The molecule has 98 valence electrons. The van der Waals surface area contributed by atoms with Gasteiger partial charge < -0.3 is 9.64 Å². The van der Waals surface area contributed by atoms with Gasteiger partial charge in [-0.15, -0.1) is 0 Å². The molecule has 1 aromatic rings. The monoisotopic (exact) mass is 249 g/mol. The standard InChI is InChI=1S/C13H19N3O2/c1-10-6-7-14-13(15-10)16-8-4-3-5-11(16)9-12(17)18-2/h6-7,11H,3-5,8-9H2,1-2H3. The van der Waals surface area contributed by atoms with Crippen molar-refractivity contribution in [3.05, 3.63) is 18.0 Å². The topological polar surface area (TPSA) is 55.3 Å². The van der Waals surface area contributed by atoms with Gasteiger partial charge in [-0.3, -0.25) is 4.79 Å². The Morgan fingerprint density at radius 1 is 1.56 bits per heavy atom. The van der Waals surface area contributed by atoms with Crippen LogP contribution in [0.5, 0.6) is 0 Å². The van der Waals surface area contributed by atoms with E-state index >= 15 is 0 Å². The maximum atomic E-state index is 11.4. The molecular formula is C13H19N3O2. The zero-order valence-electron chi connectivity index (χ0n) is 10.9. The third kappa shape index (κ3) is 2.97. The van der Waals surface area contributed by atoms with E-state index in [0.29, 0.717) is 6.42 Å². The minimum Gasteiger partial charge on any atom is -0.469 e. The van der Waals surface area contributed by atoms with Crippen LogP contribution in [-0.4, -0.2) is 35.6 Å². The van der Waals surface area contributed by atoms with Crippen LogP contribution in [0.2, 0.25) is 0 Å². The van der Waals surface area contributed by atoms with E-state index in [0.717, 1.165) is 37.4 Å². The molecule has 1 aliphatic heterocycles. The molecule has 5 heteroatoms. The quantitative estimate of drug-likeness (QED) is 0.763. The number of methoxy groups -OCH3 is 1. The zero-order chi connectivity index (χ0) is 13.0. The van der Waals surface area contributed by atoms with Crippen LogP contribution in [0.15, 0.2) is 12.3 Å². The largest absolute Gasteiger partial charge is 0.469 e. The second kappa shape index (κ2) is 5.80. The second-order valence-electron chi connectivity index (χ2n) is 4.62. The van der Waals surface area contributed by atoms with Gasteiger partial charge >= 0.3 is 5.97 Å². The summed E-state index contributed by atoms with van der Waals surface area (Å²) in [5, 5.41) is 0. The van der Waals surface area contributed by atoms with E-state index in [1.54, 1.807) is 6.20 Å². The number of aryl methyl sites for hydroxylation is 1. The number of nitrogens with zero attached hydrogens (tertiary/aromatic N) is 3. The zero-order valence-corrected chi connectivity index (χ0v) is 10.9. The van der Waals surface area contributed by atoms with Crippen molar-refractivity contribution in [2.75, 3.05) is 18.6 Å². The number of ether oxygens (including phenoxy) is 1. The molecule has 0 aromatic carbocycles. The summed E-state index contributed by atoms with van der Waals surface area (Å²) in [5.74, 6) is 0.558. The molecule has 18 heavy (non-hydrogen) atoms. The molecule has 1 atom stereocenters. The lowest BCUT2D eigenvalue weighted by Gasteiger charge is -2.35. The number of anilines is 1. The van der Waals surface area contributed by atoms with E-state index in [-0.39, 0.29) is 12.0 Å². The average Bonchev–Trinajstić information content (AvgIpc) is 2.39. The number of aromatic nitrogens is 2. The average molecular weight is 249 g/mol. The first-order valence-electron chi connectivity index (χ1n) is 6.34. The fraction of sp³-hybridized carbons (Fsp3) is 0.615. The van der Waals surface area contributed by atoms with Gasteiger partial charge in [0.1, 0.15) is 0 Å². The number of hydrogen-bond donors (Lipinski definition) is 0. The second-order valence-corrected chi connectivity index (χ2v) is 4.62. The molecule has 0 N–H and O–H groups in total. The van der Waals surface area contributed by atoms with Gasteiger partial charge in [0.2, 0.25) is 5.95 Å². The van der Waals surface area contributed by atoms with Crippen LogP contribution in [0.25, 0.3) is 0 Å². The van der Waals surface area contributed by atoms with E-state index in [9.17, 15) is 4.79 Å². The van der Waals surface area contributed by atoms with Gasteiger partial charge in [0.15, 0.2) is 0 Å². The first-order valence-corrected chi connectivity index (χ1v) is 6.34. The molecule has 0 spiro atoms. The van der Waals surface area contributed by atoms with Crippen LogP contribution < -0.4 is 4.90 Å². The lowest BCUT2D eigenvalue weighted by molar-refractivity contribution is -0.141. The summed E-state index contributed by atoms with van der Waals surface area (Å²) in [6.07, 6.45) is 5.43. The van der Waals surface area contributed by atoms with Crippen LogP contribution in [0.4, 0.5) is 5.95 Å². The summed E-state index contributed by atoms with van der Waals surface area (Å²) < 4.78 is 4.75. The Morgan fingerprint density at radius 2 is 2.39 bits per heavy atom. The van der Waals surface area contributed by atoms with Gasteiger partial charge in [0.05, 0.1) is 13.5 Å². The summed E-state index contributed by atoms with van der Waals surface area (Å²) in [7, 11) is 1.43. The molecule has 0 amide bonds. The first kappa shape index (κ1) is 12.8. The smallest absolute Gasteiger partial charge is 0.307 e. The molecule has 1 fully saturated rings. The lowest BCUT2D eigenvalue weighted by atomic mass is 10.00. The fourth-order valence-electron chi connectivity index (χ4n) is 2.33. The van der Waals surface area contributed by atoms with Gasteiger partial charge in [-0.2, -0.15) is 0 Å². The van der Waals surface area contributed by atoms with Crippen molar-refractivity contribution in [2.24, 2.45) is 0 Å². The van der Waals surface area contributed by atoms with Gasteiger partial charge in [-0.05, 0) is 32.3 Å². The first-order chi connectivity index (χ1) is 8.70. The summed E-state index contributed by atoms with van der Waals surface area (Å²) in [4.78, 5) is 22.3. The maximum absolute atomic E-state index is 11.4. The minimum absolute atomic E-state index is 0.160. The van der Waals surface area contributed by atoms with Crippen molar-refractivity contribution in [1.82, 2.24) is 9.97 Å². The predicted octanol–water partition coefficient (Wildman–Crippen LogP) is 1.71. The van der Waals surface area contributed by atoms with E-state index < -0.39 is 0 Å². The Morgan fingerprint density at radius 3 is 3.11 bits per heavy atom. The van der Waals surface area contributed by atoms with E-state index in [2.05, 4.69) is 14.9 Å². The summed E-state index contributed by atoms with van der Waals surface area (Å²) >= 11 is 0. The van der Waals surface area contributed by atoms with Crippen LogP contribution in [0.1, 0.15) is 31.4 Å². The SMILES string of the molecule is COC(=O)CC1CCCCN1c1nccc(C)n1. The Labute approximate surface area is 107 Å². The minimum atomic E-state index is -0.167. The molecular weight excluding hydrogens is 230 g/mol. The third-order valence-electron chi connectivity index (χ3n) is 3.30. The molecule has 1 aliphatic rings. The molecule has 0 saturated carbocycles. The molecule has 1 saturated heterocycles. The number of hydrogen-bond acceptors (Lipinski definition) is 5. The van der Waals surface area contributed by atoms with Crippen LogP contribution in [-0.2, 0) is 9.53 Å². The number of piperidine rings is 1. The van der Waals surface area contributed by atoms with Crippen molar-refractivity contribution in [3.8, 4) is 0 Å². The van der Waals surface area contributed by atoms with Crippen molar-refractivity contribution in [1.29, 1.82) is 0 Å². The van der Waals surface area contributed by atoms with Crippen molar-refractivity contribution >= 4 is 11.9 Å². The Hall–Kier alpha value is -1.65. The van der Waals surface area contributed by atoms with Crippen molar-refractivity contribution in [2.45, 2.75) is 38.6 Å². The van der Waals surface area contributed by atoms with E-state index in [4.69, 9.17) is 4.74 Å². The van der Waals surface area contributed by atoms with E-state index in [1.807, 2.05) is 13.0 Å². The fourth-order valence-corrected chi connectivity index (χ4v) is 2.33. The van der Waals surface area contributed by atoms with Gasteiger partial charge in [0, 0.05) is 24.5 Å². The molecule has 2 heterocycles. The van der Waals surface area contributed by atoms with Crippen molar-refractivity contribution < 1.29 is 9.53 Å². The molecule has 0 bridgehead atoms. The lowest BCUT2D eigenvalue weighted by Crippen LogP contribution is -2.42. The highest BCUT2D eigenvalue weighted by Crippen LogP contribution is 2.24.